The number of halogens is 3. The molecule has 0 unspecified atom stereocenters. The van der Waals surface area contributed by atoms with Crippen LogP contribution in [0.1, 0.15) is 24.0 Å². The van der Waals surface area contributed by atoms with Crippen molar-refractivity contribution in [2.24, 2.45) is 0 Å². The second-order valence-corrected chi connectivity index (χ2v) is 4.99. The number of benzene rings is 1. The van der Waals surface area contributed by atoms with Crippen LogP contribution in [0.25, 0.3) is 0 Å². The zero-order chi connectivity index (χ0) is 15.4. The second kappa shape index (κ2) is 3.97. The number of amides is 3. The van der Waals surface area contributed by atoms with Crippen LogP contribution in [0.3, 0.4) is 0 Å². The van der Waals surface area contributed by atoms with Gasteiger partial charge in [-0.1, -0.05) is 0 Å². The quantitative estimate of drug-likeness (QED) is 0.807. The number of nitrogens with zero attached hydrogens (tertiary/aromatic N) is 2. The zero-order valence-electron chi connectivity index (χ0n) is 10.5. The summed E-state index contributed by atoms with van der Waals surface area (Å²) in [5.41, 5.74) is -2.85. The van der Waals surface area contributed by atoms with E-state index in [9.17, 15) is 22.8 Å². The molecule has 1 spiro atoms. The lowest BCUT2D eigenvalue weighted by Crippen LogP contribution is -2.32. The SMILES string of the molecule is N#Cc1ccc(N2C(=O)NC3(CC3)C2=O)cc1C(F)(F)F. The minimum absolute atomic E-state index is 0.187. The Bertz CT molecular complexity index is 702. The molecule has 0 bridgehead atoms. The minimum Gasteiger partial charge on any atom is -0.323 e. The molecule has 0 atom stereocenters. The van der Waals surface area contributed by atoms with Gasteiger partial charge in [-0.2, -0.15) is 18.4 Å². The average molecular weight is 295 g/mol. The smallest absolute Gasteiger partial charge is 0.323 e. The van der Waals surface area contributed by atoms with Crippen molar-refractivity contribution in [2.45, 2.75) is 24.6 Å². The van der Waals surface area contributed by atoms with E-state index in [-0.39, 0.29) is 5.69 Å². The van der Waals surface area contributed by atoms with E-state index in [0.29, 0.717) is 23.8 Å². The molecule has 1 N–H and O–H groups in total. The molecule has 2 aliphatic rings. The fourth-order valence-electron chi connectivity index (χ4n) is 2.32. The molecule has 0 aromatic heterocycles. The van der Waals surface area contributed by atoms with Gasteiger partial charge in [-0.05, 0) is 31.0 Å². The largest absolute Gasteiger partial charge is 0.417 e. The van der Waals surface area contributed by atoms with Gasteiger partial charge in [0.15, 0.2) is 0 Å². The van der Waals surface area contributed by atoms with Crippen LogP contribution in [-0.2, 0) is 11.0 Å². The predicted octanol–water partition coefficient (Wildman–Crippen LogP) is 2.17. The van der Waals surface area contributed by atoms with Crippen molar-refractivity contribution in [3.8, 4) is 6.07 Å². The molecule has 21 heavy (non-hydrogen) atoms. The standard InChI is InChI=1S/C13H8F3N3O2/c14-13(15,16)9-5-8(2-1-7(9)6-17)19-10(20)12(3-4-12)18-11(19)21/h1-2,5H,3-4H2,(H,18,21). The molecule has 2 fully saturated rings. The van der Waals surface area contributed by atoms with Crippen molar-refractivity contribution in [1.82, 2.24) is 5.32 Å². The first kappa shape index (κ1) is 13.4. The molecule has 3 amide bonds. The van der Waals surface area contributed by atoms with Crippen LogP contribution >= 0.6 is 0 Å². The van der Waals surface area contributed by atoms with Gasteiger partial charge in [-0.25, -0.2) is 9.69 Å². The van der Waals surface area contributed by atoms with Gasteiger partial charge in [0, 0.05) is 0 Å². The summed E-state index contributed by atoms with van der Waals surface area (Å²) in [6, 6.07) is 3.47. The second-order valence-electron chi connectivity index (χ2n) is 4.99. The fourth-order valence-corrected chi connectivity index (χ4v) is 2.32. The summed E-state index contributed by atoms with van der Waals surface area (Å²) in [4.78, 5) is 24.6. The van der Waals surface area contributed by atoms with Gasteiger partial charge >= 0.3 is 12.2 Å². The van der Waals surface area contributed by atoms with Crippen LogP contribution in [0.2, 0.25) is 0 Å². The molecule has 8 heteroatoms. The van der Waals surface area contributed by atoms with Gasteiger partial charge in [-0.15, -0.1) is 0 Å². The van der Waals surface area contributed by atoms with E-state index in [0.717, 1.165) is 12.1 Å². The maximum Gasteiger partial charge on any atom is 0.417 e. The van der Waals surface area contributed by atoms with E-state index >= 15 is 0 Å². The van der Waals surface area contributed by atoms with Crippen molar-refractivity contribution in [3.63, 3.8) is 0 Å². The van der Waals surface area contributed by atoms with Crippen LogP contribution in [0.4, 0.5) is 23.7 Å². The molecule has 0 radical (unpaired) electrons. The Kier molecular flexibility index (Phi) is 2.54. The number of imide groups is 1. The van der Waals surface area contributed by atoms with Crippen LogP contribution in [0, 0.1) is 11.3 Å². The number of carbonyl (C=O) groups is 2. The monoisotopic (exact) mass is 295 g/mol. The molecule has 1 heterocycles. The lowest BCUT2D eigenvalue weighted by Gasteiger charge is -2.16. The molecule has 108 valence electrons. The Labute approximate surface area is 116 Å². The Morgan fingerprint density at radius 3 is 2.43 bits per heavy atom. The lowest BCUT2D eigenvalue weighted by molar-refractivity contribution is -0.137. The van der Waals surface area contributed by atoms with E-state index in [1.165, 1.54) is 6.07 Å². The number of nitriles is 1. The van der Waals surface area contributed by atoms with Crippen molar-refractivity contribution in [2.75, 3.05) is 4.90 Å². The predicted molar refractivity (Wildman–Crippen MR) is 64.1 cm³/mol. The van der Waals surface area contributed by atoms with Crippen molar-refractivity contribution in [1.29, 1.82) is 5.26 Å². The summed E-state index contributed by atoms with van der Waals surface area (Å²) in [6.07, 6.45) is -3.77. The average Bonchev–Trinajstić information content (AvgIpc) is 3.13. The number of hydrogen-bond acceptors (Lipinski definition) is 3. The van der Waals surface area contributed by atoms with Crippen molar-refractivity contribution >= 4 is 17.6 Å². The number of alkyl halides is 3. The number of rotatable bonds is 1. The molecule has 5 nitrogen and oxygen atoms in total. The summed E-state index contributed by atoms with van der Waals surface area (Å²) in [6.45, 7) is 0. The molecule has 1 saturated heterocycles. The van der Waals surface area contributed by atoms with E-state index in [1.807, 2.05) is 0 Å². The van der Waals surface area contributed by atoms with Crippen molar-refractivity contribution in [3.05, 3.63) is 29.3 Å². The van der Waals surface area contributed by atoms with E-state index in [2.05, 4.69) is 5.32 Å². The number of urea groups is 1. The first-order valence-electron chi connectivity index (χ1n) is 6.06. The highest BCUT2D eigenvalue weighted by Gasteiger charge is 2.60. The third-order valence-electron chi connectivity index (χ3n) is 3.60. The summed E-state index contributed by atoms with van der Waals surface area (Å²) in [5.74, 6) is -0.551. The summed E-state index contributed by atoms with van der Waals surface area (Å²) < 4.78 is 38.7. The highest BCUT2D eigenvalue weighted by Crippen LogP contribution is 2.43. The number of anilines is 1. The van der Waals surface area contributed by atoms with E-state index in [1.54, 1.807) is 0 Å². The lowest BCUT2D eigenvalue weighted by atomic mass is 10.1. The van der Waals surface area contributed by atoms with Gasteiger partial charge in [0.25, 0.3) is 5.91 Å². The number of carbonyl (C=O) groups excluding carboxylic acids is 2. The van der Waals surface area contributed by atoms with Crippen LogP contribution in [-0.4, -0.2) is 17.5 Å². The maximum atomic E-state index is 12.9. The highest BCUT2D eigenvalue weighted by molar-refractivity contribution is 6.24. The highest BCUT2D eigenvalue weighted by atomic mass is 19.4. The van der Waals surface area contributed by atoms with Gasteiger partial charge < -0.3 is 5.32 Å². The summed E-state index contributed by atoms with van der Waals surface area (Å²) in [7, 11) is 0. The molecular formula is C13H8F3N3O2. The van der Waals surface area contributed by atoms with Crippen LogP contribution < -0.4 is 10.2 Å². The summed E-state index contributed by atoms with van der Waals surface area (Å²) >= 11 is 0. The molecule has 3 rings (SSSR count). The normalized spacial score (nSPS) is 19.6. The third-order valence-corrected chi connectivity index (χ3v) is 3.60. The Balaban J connectivity index is 2.06. The van der Waals surface area contributed by atoms with E-state index in [4.69, 9.17) is 5.26 Å². The first-order chi connectivity index (χ1) is 9.78. The molecule has 1 aromatic carbocycles. The van der Waals surface area contributed by atoms with Crippen LogP contribution in [0.5, 0.6) is 0 Å². The maximum absolute atomic E-state index is 12.9. The Hall–Kier alpha value is -2.56. The number of nitrogens with one attached hydrogen (secondary N) is 1. The zero-order valence-corrected chi connectivity index (χ0v) is 10.5. The minimum atomic E-state index is -4.74. The summed E-state index contributed by atoms with van der Waals surface area (Å²) in [5, 5.41) is 11.2. The van der Waals surface area contributed by atoms with Crippen molar-refractivity contribution < 1.29 is 22.8 Å². The molecular weight excluding hydrogens is 287 g/mol. The van der Waals surface area contributed by atoms with Gasteiger partial charge in [0.05, 0.1) is 22.9 Å². The molecule has 1 aromatic rings. The number of hydrogen-bond donors (Lipinski definition) is 1. The molecule has 1 aliphatic heterocycles. The third kappa shape index (κ3) is 1.93. The van der Waals surface area contributed by atoms with Gasteiger partial charge in [0.2, 0.25) is 0 Å². The van der Waals surface area contributed by atoms with Gasteiger partial charge in [-0.3, -0.25) is 4.79 Å². The van der Waals surface area contributed by atoms with Gasteiger partial charge in [0.1, 0.15) is 5.54 Å². The topological polar surface area (TPSA) is 73.2 Å². The van der Waals surface area contributed by atoms with Crippen LogP contribution in [0.15, 0.2) is 18.2 Å². The van der Waals surface area contributed by atoms with E-state index < -0.39 is 34.8 Å². The first-order valence-corrected chi connectivity index (χ1v) is 6.06. The Morgan fingerprint density at radius 2 is 1.95 bits per heavy atom. The fraction of sp³-hybridized carbons (Fsp3) is 0.308. The Morgan fingerprint density at radius 1 is 1.29 bits per heavy atom. The molecule has 1 saturated carbocycles. The molecule has 1 aliphatic carbocycles.